The van der Waals surface area contributed by atoms with Gasteiger partial charge in [-0.2, -0.15) is 0 Å². The Kier molecular flexibility index (Phi) is 9.14. The van der Waals surface area contributed by atoms with Gasteiger partial charge in [0.2, 0.25) is 11.8 Å². The maximum atomic E-state index is 13.6. The first-order valence-electron chi connectivity index (χ1n) is 12.5. The van der Waals surface area contributed by atoms with E-state index in [1.807, 2.05) is 42.3 Å². The molecule has 2 aliphatic heterocycles. The van der Waals surface area contributed by atoms with Crippen molar-refractivity contribution in [2.24, 2.45) is 0 Å². The molecule has 3 rings (SSSR count). The SMILES string of the molecule is C[C@H](NC(=O)C1CN(C)CCN1C(=O)[C@@H]1C[C@@H](O)CN1C(=O)OC(C)(C)C)C(=O)OCc1ccccc1. The van der Waals surface area contributed by atoms with Gasteiger partial charge in [0.25, 0.3) is 0 Å². The van der Waals surface area contributed by atoms with E-state index in [0.717, 1.165) is 5.56 Å². The molecule has 0 radical (unpaired) electrons. The van der Waals surface area contributed by atoms with Crippen LogP contribution >= 0.6 is 0 Å². The number of carbonyl (C=O) groups is 4. The lowest BCUT2D eigenvalue weighted by molar-refractivity contribution is -0.151. The zero-order valence-electron chi connectivity index (χ0n) is 22.2. The van der Waals surface area contributed by atoms with Crippen molar-refractivity contribution in [3.63, 3.8) is 0 Å². The van der Waals surface area contributed by atoms with Crippen molar-refractivity contribution in [3.8, 4) is 0 Å². The van der Waals surface area contributed by atoms with E-state index in [-0.39, 0.29) is 32.7 Å². The van der Waals surface area contributed by atoms with Crippen molar-refractivity contribution in [2.75, 3.05) is 33.2 Å². The molecule has 3 amide bonds. The van der Waals surface area contributed by atoms with Gasteiger partial charge in [0, 0.05) is 26.1 Å². The first-order chi connectivity index (χ1) is 17.4. The summed E-state index contributed by atoms with van der Waals surface area (Å²) in [6.45, 7) is 7.80. The molecule has 37 heavy (non-hydrogen) atoms. The van der Waals surface area contributed by atoms with Crippen LogP contribution in [0, 0.1) is 0 Å². The van der Waals surface area contributed by atoms with Crippen LogP contribution in [0.15, 0.2) is 30.3 Å². The van der Waals surface area contributed by atoms with Crippen LogP contribution in [-0.4, -0.2) is 107 Å². The standard InChI is InChI=1S/C26H38N4O7/c1-17(24(34)36-16-18-9-7-6-8-10-18)27-22(32)21-15-28(5)11-12-29(21)23(33)20-13-19(31)14-30(20)25(35)37-26(2,3)4/h6-10,17,19-21,31H,11-16H2,1-5H3,(H,27,32)/t17-,19+,20-,21?/m0/s1. The van der Waals surface area contributed by atoms with Gasteiger partial charge in [0.15, 0.2) is 0 Å². The highest BCUT2D eigenvalue weighted by molar-refractivity contribution is 5.93. The zero-order valence-corrected chi connectivity index (χ0v) is 22.2. The molecular formula is C26H38N4O7. The Bertz CT molecular complexity index is 981. The van der Waals surface area contributed by atoms with E-state index < -0.39 is 53.7 Å². The van der Waals surface area contributed by atoms with Crippen LogP contribution in [0.25, 0.3) is 0 Å². The minimum atomic E-state index is -0.947. The number of nitrogens with one attached hydrogen (secondary N) is 1. The van der Waals surface area contributed by atoms with Crippen LogP contribution in [0.4, 0.5) is 4.79 Å². The van der Waals surface area contributed by atoms with Crippen LogP contribution in [0.2, 0.25) is 0 Å². The van der Waals surface area contributed by atoms with Gasteiger partial charge in [-0.3, -0.25) is 14.5 Å². The fraction of sp³-hybridized carbons (Fsp3) is 0.615. The van der Waals surface area contributed by atoms with Crippen molar-refractivity contribution in [3.05, 3.63) is 35.9 Å². The summed E-state index contributed by atoms with van der Waals surface area (Å²) < 4.78 is 10.7. The lowest BCUT2D eigenvalue weighted by atomic mass is 10.1. The lowest BCUT2D eigenvalue weighted by Gasteiger charge is -2.41. The molecule has 1 unspecified atom stereocenters. The Balaban J connectivity index is 1.67. The van der Waals surface area contributed by atoms with E-state index in [1.54, 1.807) is 20.8 Å². The predicted molar refractivity (Wildman–Crippen MR) is 134 cm³/mol. The monoisotopic (exact) mass is 518 g/mol. The minimum absolute atomic E-state index is 0.0276. The molecule has 4 atom stereocenters. The van der Waals surface area contributed by atoms with Gasteiger partial charge in [-0.05, 0) is 40.3 Å². The third-order valence-corrected chi connectivity index (χ3v) is 6.30. The smallest absolute Gasteiger partial charge is 0.411 e. The molecule has 0 bridgehead atoms. The summed E-state index contributed by atoms with van der Waals surface area (Å²) in [5.74, 6) is -1.52. The summed E-state index contributed by atoms with van der Waals surface area (Å²) >= 11 is 0. The van der Waals surface area contributed by atoms with Crippen molar-refractivity contribution < 1.29 is 33.8 Å². The van der Waals surface area contributed by atoms with E-state index in [9.17, 15) is 24.3 Å². The second kappa shape index (κ2) is 11.9. The molecule has 0 aliphatic carbocycles. The third-order valence-electron chi connectivity index (χ3n) is 6.30. The largest absolute Gasteiger partial charge is 0.459 e. The van der Waals surface area contributed by atoms with Crippen LogP contribution in [0.1, 0.15) is 39.7 Å². The highest BCUT2D eigenvalue weighted by Crippen LogP contribution is 2.25. The van der Waals surface area contributed by atoms with Gasteiger partial charge in [0.1, 0.15) is 30.3 Å². The summed E-state index contributed by atoms with van der Waals surface area (Å²) in [7, 11) is 1.84. The number of carbonyl (C=O) groups excluding carboxylic acids is 4. The molecule has 0 spiro atoms. The summed E-state index contributed by atoms with van der Waals surface area (Å²) in [5, 5.41) is 12.9. The van der Waals surface area contributed by atoms with Gasteiger partial charge < -0.3 is 29.7 Å². The molecule has 2 fully saturated rings. The summed E-state index contributed by atoms with van der Waals surface area (Å²) in [5.41, 5.74) is 0.0630. The minimum Gasteiger partial charge on any atom is -0.459 e. The number of β-amino-alcohol motifs (C(OH)–C–C–N with tert-alkyl or cyclic N) is 1. The molecule has 2 saturated heterocycles. The Morgan fingerprint density at radius 1 is 1.05 bits per heavy atom. The number of ether oxygens (including phenoxy) is 2. The predicted octanol–water partition coefficient (Wildman–Crippen LogP) is 0.747. The number of aliphatic hydroxyl groups is 1. The van der Waals surface area contributed by atoms with Gasteiger partial charge >= 0.3 is 12.1 Å². The van der Waals surface area contributed by atoms with Crippen LogP contribution < -0.4 is 5.32 Å². The fourth-order valence-electron chi connectivity index (χ4n) is 4.39. The Morgan fingerprint density at radius 2 is 1.73 bits per heavy atom. The second-order valence-corrected chi connectivity index (χ2v) is 10.7. The number of rotatable bonds is 6. The molecule has 2 aliphatic rings. The Labute approximate surface area is 217 Å². The number of hydrogen-bond acceptors (Lipinski definition) is 8. The maximum absolute atomic E-state index is 13.6. The maximum Gasteiger partial charge on any atom is 0.411 e. The van der Waals surface area contributed by atoms with Gasteiger partial charge in [-0.1, -0.05) is 30.3 Å². The first kappa shape index (κ1) is 28.4. The Hall–Kier alpha value is -3.18. The van der Waals surface area contributed by atoms with Crippen LogP contribution in [0.3, 0.4) is 0 Å². The average molecular weight is 519 g/mol. The average Bonchev–Trinajstić information content (AvgIpc) is 3.23. The topological polar surface area (TPSA) is 129 Å². The number of likely N-dealkylation sites (N-methyl/N-ethyl adjacent to an activating group) is 1. The molecule has 11 heteroatoms. The summed E-state index contributed by atoms with van der Waals surface area (Å²) in [4.78, 5) is 56.6. The number of piperazine rings is 1. The molecule has 0 saturated carbocycles. The van der Waals surface area contributed by atoms with Crippen molar-refractivity contribution >= 4 is 23.9 Å². The highest BCUT2D eigenvalue weighted by Gasteiger charge is 2.46. The number of amides is 3. The molecule has 2 N–H and O–H groups in total. The molecule has 0 aromatic heterocycles. The number of nitrogens with zero attached hydrogens (tertiary/aromatic N) is 3. The third kappa shape index (κ3) is 7.65. The van der Waals surface area contributed by atoms with E-state index in [1.165, 1.54) is 16.7 Å². The number of benzene rings is 1. The number of likely N-dealkylation sites (tertiary alicyclic amines) is 1. The fourth-order valence-corrected chi connectivity index (χ4v) is 4.39. The van der Waals surface area contributed by atoms with Crippen LogP contribution in [0.5, 0.6) is 0 Å². The molecular weight excluding hydrogens is 480 g/mol. The number of hydrogen-bond donors (Lipinski definition) is 2. The number of esters is 1. The van der Waals surface area contributed by atoms with Gasteiger partial charge in [0.05, 0.1) is 12.6 Å². The molecule has 204 valence electrons. The molecule has 2 heterocycles. The van der Waals surface area contributed by atoms with E-state index in [4.69, 9.17) is 9.47 Å². The molecule has 11 nitrogen and oxygen atoms in total. The van der Waals surface area contributed by atoms with Crippen molar-refractivity contribution in [2.45, 2.75) is 70.6 Å². The summed E-state index contributed by atoms with van der Waals surface area (Å²) in [6, 6.07) is 6.45. The molecule has 1 aromatic rings. The number of aliphatic hydroxyl groups excluding tert-OH is 1. The molecule has 1 aromatic carbocycles. The van der Waals surface area contributed by atoms with E-state index in [2.05, 4.69) is 5.32 Å². The van der Waals surface area contributed by atoms with Gasteiger partial charge in [-0.25, -0.2) is 9.59 Å². The van der Waals surface area contributed by atoms with Crippen molar-refractivity contribution in [1.29, 1.82) is 0 Å². The van der Waals surface area contributed by atoms with Gasteiger partial charge in [-0.15, -0.1) is 0 Å². The second-order valence-electron chi connectivity index (χ2n) is 10.7. The Morgan fingerprint density at radius 3 is 2.38 bits per heavy atom. The normalized spacial score (nSPS) is 23.4. The lowest BCUT2D eigenvalue weighted by Crippen LogP contribution is -2.63. The van der Waals surface area contributed by atoms with E-state index >= 15 is 0 Å². The highest BCUT2D eigenvalue weighted by atomic mass is 16.6. The van der Waals surface area contributed by atoms with Crippen molar-refractivity contribution in [1.82, 2.24) is 20.0 Å². The zero-order chi connectivity index (χ0) is 27.3. The van der Waals surface area contributed by atoms with Crippen LogP contribution in [-0.2, 0) is 30.5 Å². The first-order valence-corrected chi connectivity index (χ1v) is 12.5. The quantitative estimate of drug-likeness (QED) is 0.528. The summed E-state index contributed by atoms with van der Waals surface area (Å²) in [6.07, 6.45) is -1.51. The van der Waals surface area contributed by atoms with E-state index in [0.29, 0.717) is 6.54 Å².